The molecule has 0 bridgehead atoms. The Hall–Kier alpha value is -2.03. The van der Waals surface area contributed by atoms with Gasteiger partial charge in [-0.15, -0.1) is 0 Å². The highest BCUT2D eigenvalue weighted by Gasteiger charge is 2.19. The number of fused-ring (bicyclic) bond motifs is 2. The quantitative estimate of drug-likeness (QED) is 0.288. The van der Waals surface area contributed by atoms with Gasteiger partial charge < -0.3 is 0 Å². The van der Waals surface area contributed by atoms with E-state index in [-0.39, 0.29) is 0 Å². The van der Waals surface area contributed by atoms with Crippen LogP contribution in [0.3, 0.4) is 0 Å². The van der Waals surface area contributed by atoms with Crippen molar-refractivity contribution in [2.45, 2.75) is 9.79 Å². The highest BCUT2D eigenvalue weighted by Crippen LogP contribution is 2.48. The molecular formula is C22H13BrS. The third-order valence-corrected chi connectivity index (χ3v) is 6.13. The average Bonchev–Trinajstić information content (AvgIpc) is 2.62. The summed E-state index contributed by atoms with van der Waals surface area (Å²) in [5, 5.41) is 2.70. The molecule has 0 atom stereocenters. The molecular weight excluding hydrogens is 376 g/mol. The van der Waals surface area contributed by atoms with E-state index < -0.39 is 0 Å². The lowest BCUT2D eigenvalue weighted by Crippen LogP contribution is -1.93. The standard InChI is InChI=1S/C22H13BrS/c23-17-7-1-6-15(12-17)16-10-11-18-19-8-2-4-14-5-3-9-20(22(14)19)24-21(18)13-16/h1-13H. The summed E-state index contributed by atoms with van der Waals surface area (Å²) in [5.74, 6) is 0. The van der Waals surface area contributed by atoms with E-state index in [1.54, 1.807) is 0 Å². The normalized spacial score (nSPS) is 12.2. The third kappa shape index (κ3) is 2.21. The van der Waals surface area contributed by atoms with Gasteiger partial charge in [-0.2, -0.15) is 0 Å². The predicted octanol–water partition coefficient (Wildman–Crippen LogP) is 7.40. The molecule has 0 spiro atoms. The smallest absolute Gasteiger partial charge is 0.0207 e. The summed E-state index contributed by atoms with van der Waals surface area (Å²) in [7, 11) is 0. The fourth-order valence-corrected chi connectivity index (χ4v) is 5.00. The molecule has 5 rings (SSSR count). The van der Waals surface area contributed by atoms with Crippen LogP contribution in [-0.4, -0.2) is 0 Å². The SMILES string of the molecule is Brc1cccc(-c2ccc3c(c2)Sc2cccc4cccc-3c24)c1. The van der Waals surface area contributed by atoms with Crippen LogP contribution < -0.4 is 0 Å². The zero-order valence-electron chi connectivity index (χ0n) is 12.8. The highest BCUT2D eigenvalue weighted by atomic mass is 79.9. The Balaban J connectivity index is 1.73. The molecule has 0 N–H and O–H groups in total. The minimum absolute atomic E-state index is 1.11. The molecule has 0 amide bonds. The molecule has 0 fully saturated rings. The molecule has 24 heavy (non-hydrogen) atoms. The molecule has 2 heteroatoms. The predicted molar refractivity (Wildman–Crippen MR) is 107 cm³/mol. The number of halogens is 1. The molecule has 4 aromatic carbocycles. The largest absolute Gasteiger partial charge is 0.0888 e. The molecule has 1 aliphatic rings. The topological polar surface area (TPSA) is 0 Å². The van der Waals surface area contributed by atoms with Gasteiger partial charge in [-0.25, -0.2) is 0 Å². The summed E-state index contributed by atoms with van der Waals surface area (Å²) < 4.78 is 1.11. The number of rotatable bonds is 1. The molecule has 0 saturated heterocycles. The minimum atomic E-state index is 1.11. The van der Waals surface area contributed by atoms with Crippen LogP contribution in [0.15, 0.2) is 93.1 Å². The zero-order chi connectivity index (χ0) is 16.1. The maximum absolute atomic E-state index is 3.57. The van der Waals surface area contributed by atoms with Crippen LogP contribution in [0, 0.1) is 0 Å². The first-order valence-electron chi connectivity index (χ1n) is 7.89. The molecule has 0 unspecified atom stereocenters. The zero-order valence-corrected chi connectivity index (χ0v) is 15.2. The summed E-state index contributed by atoms with van der Waals surface area (Å²) in [6, 6.07) is 28.5. The summed E-state index contributed by atoms with van der Waals surface area (Å²) in [5.41, 5.74) is 5.18. The third-order valence-electron chi connectivity index (χ3n) is 4.52. The van der Waals surface area contributed by atoms with Gasteiger partial charge in [-0.3, -0.25) is 0 Å². The van der Waals surface area contributed by atoms with E-state index in [0.717, 1.165) is 4.47 Å². The molecule has 0 nitrogen and oxygen atoms in total. The van der Waals surface area contributed by atoms with Gasteiger partial charge in [-0.05, 0) is 51.9 Å². The van der Waals surface area contributed by atoms with Crippen molar-refractivity contribution in [3.63, 3.8) is 0 Å². The van der Waals surface area contributed by atoms with Crippen molar-refractivity contribution in [1.82, 2.24) is 0 Å². The van der Waals surface area contributed by atoms with Gasteiger partial charge in [0, 0.05) is 19.6 Å². The lowest BCUT2D eigenvalue weighted by atomic mass is 9.95. The highest BCUT2D eigenvalue weighted by molar-refractivity contribution is 9.10. The van der Waals surface area contributed by atoms with Gasteiger partial charge in [0.05, 0.1) is 0 Å². The maximum atomic E-state index is 3.57. The van der Waals surface area contributed by atoms with Gasteiger partial charge in [-0.1, -0.05) is 82.3 Å². The van der Waals surface area contributed by atoms with Crippen LogP contribution >= 0.6 is 27.7 Å². The van der Waals surface area contributed by atoms with Crippen LogP contribution in [-0.2, 0) is 0 Å². The van der Waals surface area contributed by atoms with Gasteiger partial charge in [0.1, 0.15) is 0 Å². The average molecular weight is 389 g/mol. The van der Waals surface area contributed by atoms with Gasteiger partial charge in [0.15, 0.2) is 0 Å². The van der Waals surface area contributed by atoms with Crippen molar-refractivity contribution >= 4 is 38.5 Å². The summed E-state index contributed by atoms with van der Waals surface area (Å²) in [4.78, 5) is 2.68. The first-order chi connectivity index (χ1) is 11.8. The summed E-state index contributed by atoms with van der Waals surface area (Å²) >= 11 is 5.45. The Morgan fingerprint density at radius 2 is 1.42 bits per heavy atom. The van der Waals surface area contributed by atoms with E-state index in [1.807, 2.05) is 11.8 Å². The van der Waals surface area contributed by atoms with Crippen molar-refractivity contribution in [2.75, 3.05) is 0 Å². The van der Waals surface area contributed by atoms with Crippen molar-refractivity contribution < 1.29 is 0 Å². The molecule has 0 aromatic heterocycles. The number of hydrogen-bond donors (Lipinski definition) is 0. The van der Waals surface area contributed by atoms with Crippen LogP contribution in [0.4, 0.5) is 0 Å². The number of hydrogen-bond acceptors (Lipinski definition) is 1. The lowest BCUT2D eigenvalue weighted by Gasteiger charge is -2.21. The van der Waals surface area contributed by atoms with Gasteiger partial charge >= 0.3 is 0 Å². The maximum Gasteiger partial charge on any atom is 0.0207 e. The van der Waals surface area contributed by atoms with E-state index in [2.05, 4.69) is 94.8 Å². The van der Waals surface area contributed by atoms with E-state index in [1.165, 1.54) is 42.8 Å². The fourth-order valence-electron chi connectivity index (χ4n) is 3.41. The Bertz CT molecular complexity index is 1090. The Morgan fingerprint density at radius 1 is 0.625 bits per heavy atom. The lowest BCUT2D eigenvalue weighted by molar-refractivity contribution is 1.39. The molecule has 1 heterocycles. The molecule has 0 radical (unpaired) electrons. The van der Waals surface area contributed by atoms with Crippen LogP contribution in [0.2, 0.25) is 0 Å². The molecule has 4 aromatic rings. The van der Waals surface area contributed by atoms with E-state index in [0.29, 0.717) is 0 Å². The van der Waals surface area contributed by atoms with E-state index in [9.17, 15) is 0 Å². The van der Waals surface area contributed by atoms with Crippen molar-refractivity contribution in [3.8, 4) is 22.3 Å². The fraction of sp³-hybridized carbons (Fsp3) is 0. The first kappa shape index (κ1) is 14.3. The Morgan fingerprint density at radius 3 is 2.29 bits per heavy atom. The summed E-state index contributed by atoms with van der Waals surface area (Å²) in [6.07, 6.45) is 0. The van der Waals surface area contributed by atoms with Crippen molar-refractivity contribution in [3.05, 3.63) is 83.3 Å². The van der Waals surface area contributed by atoms with E-state index in [4.69, 9.17) is 0 Å². The summed E-state index contributed by atoms with van der Waals surface area (Å²) in [6.45, 7) is 0. The second kappa shape index (κ2) is 5.51. The minimum Gasteiger partial charge on any atom is -0.0888 e. The molecule has 0 aliphatic carbocycles. The van der Waals surface area contributed by atoms with Crippen molar-refractivity contribution in [2.24, 2.45) is 0 Å². The van der Waals surface area contributed by atoms with E-state index >= 15 is 0 Å². The second-order valence-corrected chi connectivity index (χ2v) is 7.98. The monoisotopic (exact) mass is 388 g/mol. The van der Waals surface area contributed by atoms with Crippen LogP contribution in [0.1, 0.15) is 0 Å². The molecule has 114 valence electrons. The second-order valence-electron chi connectivity index (χ2n) is 5.98. The number of benzene rings is 4. The van der Waals surface area contributed by atoms with Gasteiger partial charge in [0.2, 0.25) is 0 Å². The van der Waals surface area contributed by atoms with Crippen LogP contribution in [0.5, 0.6) is 0 Å². The molecule has 1 aliphatic heterocycles. The molecule has 0 saturated carbocycles. The Labute approximate surface area is 153 Å². The van der Waals surface area contributed by atoms with Crippen molar-refractivity contribution in [1.29, 1.82) is 0 Å². The van der Waals surface area contributed by atoms with Gasteiger partial charge in [0.25, 0.3) is 0 Å². The van der Waals surface area contributed by atoms with Crippen LogP contribution in [0.25, 0.3) is 33.0 Å². The first-order valence-corrected chi connectivity index (χ1v) is 9.50. The Kier molecular flexibility index (Phi) is 3.29.